The molecular weight excluding hydrogens is 314 g/mol. The maximum absolute atomic E-state index is 11.7. The number of carboxylic acid groups (broad SMARTS) is 1. The number of allylic oxidation sites excluding steroid dienone is 1. The Morgan fingerprint density at radius 2 is 2.00 bits per heavy atom. The molecular formula is C16H22N3O3S+. The van der Waals surface area contributed by atoms with Crippen LogP contribution in [0.15, 0.2) is 23.4 Å². The number of amides is 1. The molecule has 5 aliphatic heterocycles. The van der Waals surface area contributed by atoms with Crippen LogP contribution in [-0.2, 0) is 9.59 Å². The van der Waals surface area contributed by atoms with Crippen molar-refractivity contribution in [3.8, 4) is 0 Å². The Balaban J connectivity index is 1.51. The lowest BCUT2D eigenvalue weighted by Gasteiger charge is -2.50. The van der Waals surface area contributed by atoms with Crippen molar-refractivity contribution in [2.45, 2.75) is 11.8 Å². The predicted molar refractivity (Wildman–Crippen MR) is 87.7 cm³/mol. The molecule has 124 valence electrons. The van der Waals surface area contributed by atoms with Crippen molar-refractivity contribution in [1.82, 2.24) is 9.80 Å². The Hall–Kier alpha value is -1.31. The van der Waals surface area contributed by atoms with E-state index in [2.05, 4.69) is 11.0 Å². The van der Waals surface area contributed by atoms with Gasteiger partial charge in [0.1, 0.15) is 5.70 Å². The zero-order valence-corrected chi connectivity index (χ0v) is 13.9. The Labute approximate surface area is 140 Å². The first-order chi connectivity index (χ1) is 11.1. The number of rotatable bonds is 4. The zero-order chi connectivity index (χ0) is 16.0. The maximum Gasteiger partial charge on any atom is 0.352 e. The fourth-order valence-electron chi connectivity index (χ4n) is 3.99. The molecule has 0 unspecified atom stereocenters. The quantitative estimate of drug-likeness (QED) is 0.592. The van der Waals surface area contributed by atoms with Gasteiger partial charge in [0, 0.05) is 25.4 Å². The third-order valence-corrected chi connectivity index (χ3v) is 6.81. The number of aliphatic carboxylic acids is 1. The van der Waals surface area contributed by atoms with Crippen LogP contribution in [0.3, 0.4) is 0 Å². The van der Waals surface area contributed by atoms with Gasteiger partial charge < -0.3 is 9.59 Å². The van der Waals surface area contributed by atoms with Crippen molar-refractivity contribution in [1.29, 1.82) is 0 Å². The second kappa shape index (κ2) is 5.65. The summed E-state index contributed by atoms with van der Waals surface area (Å²) >= 11 is 1.67. The fourth-order valence-corrected chi connectivity index (χ4v) is 5.23. The molecule has 6 nitrogen and oxygen atoms in total. The molecule has 0 aromatic rings. The standard InChI is InChI=1S/C16H21N3O3S/c20-13-10-14-18(13)15(16(21)22)12(11-23-14)2-1-6-19-7-3-17(4-8-19)5-9-19/h1-2,14H,3-11H2/p+1/b2-1+/t14-/m1/s1. The third-order valence-electron chi connectivity index (χ3n) is 5.57. The summed E-state index contributed by atoms with van der Waals surface area (Å²) in [6.45, 7) is 8.07. The Morgan fingerprint density at radius 3 is 2.61 bits per heavy atom. The molecule has 0 spiro atoms. The molecule has 0 saturated carbocycles. The van der Waals surface area contributed by atoms with Crippen LogP contribution >= 0.6 is 11.8 Å². The van der Waals surface area contributed by atoms with Gasteiger partial charge in [-0.25, -0.2) is 4.79 Å². The van der Waals surface area contributed by atoms with Crippen LogP contribution in [0, 0.1) is 0 Å². The molecule has 1 N–H and O–H groups in total. The number of piperazine rings is 3. The summed E-state index contributed by atoms with van der Waals surface area (Å²) in [6.07, 6.45) is 4.55. The smallest absolute Gasteiger partial charge is 0.352 e. The van der Waals surface area contributed by atoms with Crippen LogP contribution in [-0.4, -0.2) is 88.2 Å². The van der Waals surface area contributed by atoms with E-state index in [9.17, 15) is 14.7 Å². The van der Waals surface area contributed by atoms with Crippen molar-refractivity contribution in [3.05, 3.63) is 23.4 Å². The highest BCUT2D eigenvalue weighted by molar-refractivity contribution is 8.00. The molecule has 7 heteroatoms. The second-order valence-corrected chi connectivity index (χ2v) is 8.02. The number of fused-ring (bicyclic) bond motifs is 4. The van der Waals surface area contributed by atoms with Gasteiger partial charge >= 0.3 is 5.97 Å². The summed E-state index contributed by atoms with van der Waals surface area (Å²) in [7, 11) is 0. The third kappa shape index (κ3) is 2.60. The maximum atomic E-state index is 11.7. The van der Waals surface area contributed by atoms with Crippen molar-refractivity contribution in [3.63, 3.8) is 0 Å². The predicted octanol–water partition coefficient (Wildman–Crippen LogP) is 0.333. The Bertz CT molecular complexity index is 594. The number of hydrogen-bond acceptors (Lipinski definition) is 4. The lowest BCUT2D eigenvalue weighted by Crippen LogP contribution is -2.67. The molecule has 0 aliphatic carbocycles. The topological polar surface area (TPSA) is 60.9 Å². The van der Waals surface area contributed by atoms with Crippen LogP contribution in [0.5, 0.6) is 0 Å². The van der Waals surface area contributed by atoms with Crippen LogP contribution < -0.4 is 0 Å². The van der Waals surface area contributed by atoms with Crippen LogP contribution in [0.1, 0.15) is 6.42 Å². The lowest BCUT2D eigenvalue weighted by molar-refractivity contribution is -0.935. The van der Waals surface area contributed by atoms with Crippen molar-refractivity contribution in [2.75, 3.05) is 51.6 Å². The van der Waals surface area contributed by atoms with Crippen LogP contribution in [0.4, 0.5) is 0 Å². The first-order valence-corrected chi connectivity index (χ1v) is 9.27. The number of carboxylic acids is 1. The normalized spacial score (nSPS) is 36.3. The van der Waals surface area contributed by atoms with Gasteiger partial charge in [-0.2, -0.15) is 0 Å². The molecule has 1 amide bonds. The molecule has 1 atom stereocenters. The molecule has 5 rings (SSSR count). The minimum absolute atomic E-state index is 0.0304. The average molecular weight is 336 g/mol. The van der Waals surface area contributed by atoms with Crippen molar-refractivity contribution < 1.29 is 19.2 Å². The number of thioether (sulfide) groups is 1. The molecule has 5 heterocycles. The summed E-state index contributed by atoms with van der Waals surface area (Å²) in [6, 6.07) is 0. The van der Waals surface area contributed by atoms with Crippen molar-refractivity contribution in [2.24, 2.45) is 0 Å². The summed E-state index contributed by atoms with van der Waals surface area (Å²) in [4.78, 5) is 27.3. The molecule has 23 heavy (non-hydrogen) atoms. The van der Waals surface area contributed by atoms with E-state index in [0.717, 1.165) is 16.6 Å². The molecule has 0 aromatic carbocycles. The van der Waals surface area contributed by atoms with Crippen LogP contribution in [0.25, 0.3) is 0 Å². The summed E-state index contributed by atoms with van der Waals surface area (Å²) in [5.74, 6) is -0.374. The number of nitrogens with zero attached hydrogens (tertiary/aromatic N) is 3. The van der Waals surface area contributed by atoms with Gasteiger partial charge in [-0.05, 0) is 11.6 Å². The fraction of sp³-hybridized carbons (Fsp3) is 0.625. The molecule has 0 aromatic heterocycles. The van der Waals surface area contributed by atoms with Gasteiger partial charge in [-0.3, -0.25) is 14.6 Å². The van der Waals surface area contributed by atoms with E-state index in [4.69, 9.17) is 0 Å². The molecule has 0 radical (unpaired) electrons. The van der Waals surface area contributed by atoms with Gasteiger partial charge in [0.15, 0.2) is 0 Å². The highest BCUT2D eigenvalue weighted by atomic mass is 32.2. The number of β-lactam (4-membered cyclic amide) rings is 1. The molecule has 4 fully saturated rings. The van der Waals surface area contributed by atoms with Gasteiger partial charge in [0.25, 0.3) is 0 Å². The number of quaternary nitrogens is 1. The van der Waals surface area contributed by atoms with Gasteiger partial charge in [-0.1, -0.05) is 6.08 Å². The average Bonchev–Trinajstić information content (AvgIpc) is 2.56. The van der Waals surface area contributed by atoms with E-state index in [-0.39, 0.29) is 17.0 Å². The SMILES string of the molecule is O=C(O)C1=C(/C=C/C[N+]23CCN(CC2)CC3)CS[C@@H]2CC(=O)N12. The second-order valence-electron chi connectivity index (χ2n) is 6.85. The Morgan fingerprint density at radius 1 is 1.30 bits per heavy atom. The minimum Gasteiger partial charge on any atom is -0.477 e. The summed E-state index contributed by atoms with van der Waals surface area (Å²) in [5, 5.41) is 9.53. The highest BCUT2D eigenvalue weighted by Crippen LogP contribution is 2.40. The highest BCUT2D eigenvalue weighted by Gasteiger charge is 2.45. The van der Waals surface area contributed by atoms with E-state index >= 15 is 0 Å². The first-order valence-electron chi connectivity index (χ1n) is 8.22. The monoisotopic (exact) mass is 336 g/mol. The molecule has 4 saturated heterocycles. The van der Waals surface area contributed by atoms with E-state index in [1.807, 2.05) is 6.08 Å². The van der Waals surface area contributed by atoms with E-state index in [1.54, 1.807) is 11.8 Å². The molecule has 2 bridgehead atoms. The summed E-state index contributed by atoms with van der Waals surface area (Å²) < 4.78 is 1.13. The van der Waals surface area contributed by atoms with Gasteiger partial charge in [0.2, 0.25) is 5.91 Å². The number of carbonyl (C=O) groups is 2. The van der Waals surface area contributed by atoms with Crippen LogP contribution in [0.2, 0.25) is 0 Å². The summed E-state index contributed by atoms with van der Waals surface area (Å²) in [5.41, 5.74) is 0.977. The molecule has 5 aliphatic rings. The zero-order valence-electron chi connectivity index (χ0n) is 13.1. The first kappa shape index (κ1) is 15.2. The largest absolute Gasteiger partial charge is 0.477 e. The minimum atomic E-state index is -0.985. The lowest BCUT2D eigenvalue weighted by atomic mass is 10.1. The number of carbonyl (C=O) groups excluding carboxylic acids is 1. The Kier molecular flexibility index (Phi) is 3.74. The van der Waals surface area contributed by atoms with E-state index in [0.29, 0.717) is 12.2 Å². The van der Waals surface area contributed by atoms with Gasteiger partial charge in [-0.15, -0.1) is 11.8 Å². The van der Waals surface area contributed by atoms with Crippen molar-refractivity contribution >= 4 is 23.6 Å². The van der Waals surface area contributed by atoms with E-state index < -0.39 is 5.97 Å². The van der Waals surface area contributed by atoms with E-state index in [1.165, 1.54) is 44.2 Å². The van der Waals surface area contributed by atoms with Gasteiger partial charge in [0.05, 0.1) is 38.0 Å². The number of hydrogen-bond donors (Lipinski definition) is 1.